The largest absolute Gasteiger partial charge is 0.551 e. The van der Waals surface area contributed by atoms with Gasteiger partial charge in [-0.1, -0.05) is 54.6 Å². The first-order chi connectivity index (χ1) is 13.9. The number of rotatable bonds is 0. The van der Waals surface area contributed by atoms with Gasteiger partial charge in [-0.2, -0.15) is 0 Å². The quantitative estimate of drug-likeness (QED) is 0.373. The summed E-state index contributed by atoms with van der Waals surface area (Å²) in [5, 5.41) is 0. The summed E-state index contributed by atoms with van der Waals surface area (Å²) in [5.74, 6) is 2.68. The Kier molecular flexibility index (Phi) is 2.57. The van der Waals surface area contributed by atoms with Gasteiger partial charge in [0.15, 0.2) is 11.5 Å². The molecule has 130 valence electrons. The highest BCUT2D eigenvalue weighted by Crippen LogP contribution is 2.52. The Balaban J connectivity index is 1.63. The molecule has 0 aliphatic carbocycles. The Bertz CT molecular complexity index is 1300. The summed E-state index contributed by atoms with van der Waals surface area (Å²) in [6.07, 6.45) is 0. The van der Waals surface area contributed by atoms with Gasteiger partial charge in [0, 0.05) is 16.7 Å². The second kappa shape index (κ2) is 4.99. The van der Waals surface area contributed by atoms with E-state index in [4.69, 9.17) is 9.39 Å². The van der Waals surface area contributed by atoms with Gasteiger partial charge in [-0.25, -0.2) is 0 Å². The fraction of sp³-hybridized carbons (Fsp3) is 0. The third-order valence-corrected chi connectivity index (χ3v) is 5.87. The van der Waals surface area contributed by atoms with Crippen molar-refractivity contribution in [3.63, 3.8) is 0 Å². The average Bonchev–Trinajstić information content (AvgIpc) is 2.76. The molecule has 0 atom stereocenters. The smallest absolute Gasteiger partial charge is 0.431 e. The van der Waals surface area contributed by atoms with E-state index in [-0.39, 0.29) is 6.92 Å². The van der Waals surface area contributed by atoms with Crippen molar-refractivity contribution in [2.45, 2.75) is 0 Å². The molecule has 28 heavy (non-hydrogen) atoms. The molecule has 3 heterocycles. The van der Waals surface area contributed by atoms with Crippen molar-refractivity contribution in [2.75, 3.05) is 4.90 Å². The lowest BCUT2D eigenvalue weighted by Crippen LogP contribution is -2.56. The van der Waals surface area contributed by atoms with Crippen molar-refractivity contribution in [1.82, 2.24) is 0 Å². The van der Waals surface area contributed by atoms with E-state index < -0.39 is 0 Å². The Labute approximate surface area is 162 Å². The van der Waals surface area contributed by atoms with Gasteiger partial charge in [0.05, 0.1) is 11.4 Å². The minimum Gasteiger partial charge on any atom is -0.551 e. The van der Waals surface area contributed by atoms with E-state index in [9.17, 15) is 0 Å². The second-order valence-corrected chi connectivity index (χ2v) is 7.33. The molecule has 0 fully saturated rings. The van der Waals surface area contributed by atoms with Crippen molar-refractivity contribution < 1.29 is 9.39 Å². The van der Waals surface area contributed by atoms with Crippen LogP contribution in [0.15, 0.2) is 84.9 Å². The molecular weight excluding hydrogens is 345 g/mol. The summed E-state index contributed by atoms with van der Waals surface area (Å²) in [4.78, 5) is 2.33. The molecule has 7 rings (SSSR count). The molecule has 0 N–H and O–H groups in total. The Morgan fingerprint density at radius 1 is 0.607 bits per heavy atom. The summed E-state index contributed by atoms with van der Waals surface area (Å²) >= 11 is 0. The molecule has 0 spiro atoms. The number of ether oxygens (including phenoxy) is 1. The van der Waals surface area contributed by atoms with Crippen LogP contribution in [0.5, 0.6) is 17.2 Å². The number of nitrogens with zero attached hydrogens (tertiary/aromatic N) is 1. The first-order valence-electron chi connectivity index (χ1n) is 9.49. The van der Waals surface area contributed by atoms with Crippen LogP contribution in [-0.4, -0.2) is 6.92 Å². The minimum absolute atomic E-state index is 0.138. The molecule has 0 aromatic heterocycles. The Morgan fingerprint density at radius 2 is 1.36 bits per heavy atom. The summed E-state index contributed by atoms with van der Waals surface area (Å²) in [7, 11) is 0. The predicted octanol–water partition coefficient (Wildman–Crippen LogP) is 4.74. The maximum atomic E-state index is 6.54. The van der Waals surface area contributed by atoms with Crippen LogP contribution in [-0.2, 0) is 0 Å². The zero-order valence-corrected chi connectivity index (χ0v) is 14.9. The molecule has 3 aliphatic rings. The van der Waals surface area contributed by atoms with Gasteiger partial charge in [-0.05, 0) is 41.4 Å². The molecule has 4 aromatic rings. The molecule has 0 saturated carbocycles. The number of hydrogen-bond donors (Lipinski definition) is 0. The lowest BCUT2D eigenvalue weighted by Gasteiger charge is -2.42. The normalized spacial score (nSPS) is 14.1. The topological polar surface area (TPSA) is 21.7 Å². The van der Waals surface area contributed by atoms with Gasteiger partial charge in [0.25, 0.3) is 0 Å². The van der Waals surface area contributed by atoms with Crippen LogP contribution < -0.4 is 25.2 Å². The number of para-hydroxylation sites is 4. The van der Waals surface area contributed by atoms with Gasteiger partial charge < -0.3 is 14.3 Å². The van der Waals surface area contributed by atoms with E-state index in [2.05, 4.69) is 71.6 Å². The Hall–Kier alpha value is -3.66. The summed E-state index contributed by atoms with van der Waals surface area (Å²) in [5.41, 5.74) is 8.02. The van der Waals surface area contributed by atoms with Crippen molar-refractivity contribution in [3.05, 3.63) is 84.9 Å². The average molecular weight is 359 g/mol. The second-order valence-electron chi connectivity index (χ2n) is 7.33. The van der Waals surface area contributed by atoms with Crippen LogP contribution in [0.25, 0.3) is 11.1 Å². The standard InChI is InChI=1S/C24H14BNO2/c1-5-11-20-15(7-1)16-13-14-22-24-23(16)25(28-20)17-8-2-3-9-18(17)26(24)19-10-4-6-12-21(19)27-22/h1-14H. The first-order valence-corrected chi connectivity index (χ1v) is 9.49. The van der Waals surface area contributed by atoms with E-state index in [1.54, 1.807) is 0 Å². The number of anilines is 3. The molecule has 4 heteroatoms. The highest BCUT2D eigenvalue weighted by molar-refractivity contribution is 6.85. The Morgan fingerprint density at radius 3 is 2.29 bits per heavy atom. The van der Waals surface area contributed by atoms with Gasteiger partial charge in [-0.15, -0.1) is 0 Å². The van der Waals surface area contributed by atoms with Gasteiger partial charge in [0.2, 0.25) is 0 Å². The number of benzene rings is 4. The third-order valence-electron chi connectivity index (χ3n) is 5.87. The van der Waals surface area contributed by atoms with Gasteiger partial charge >= 0.3 is 6.92 Å². The maximum Gasteiger partial charge on any atom is 0.431 e. The van der Waals surface area contributed by atoms with E-state index in [0.717, 1.165) is 39.9 Å². The number of hydrogen-bond acceptors (Lipinski definition) is 3. The van der Waals surface area contributed by atoms with E-state index >= 15 is 0 Å². The molecule has 0 saturated heterocycles. The highest BCUT2D eigenvalue weighted by Gasteiger charge is 2.45. The molecule has 3 aliphatic heterocycles. The van der Waals surface area contributed by atoms with Gasteiger partial charge in [0.1, 0.15) is 5.75 Å². The SMILES string of the molecule is c1ccc2c(c1)OB1c3ccccc3N3c4ccccc4Oc4ccc-2c1c43. The summed E-state index contributed by atoms with van der Waals surface area (Å²) < 4.78 is 12.8. The van der Waals surface area contributed by atoms with Crippen molar-refractivity contribution >= 4 is 34.9 Å². The summed E-state index contributed by atoms with van der Waals surface area (Å²) in [6, 6.07) is 29.3. The lowest BCUT2D eigenvalue weighted by molar-refractivity contribution is 0.477. The third kappa shape index (κ3) is 1.66. The molecule has 0 amide bonds. The zero-order valence-electron chi connectivity index (χ0n) is 14.9. The molecule has 4 aromatic carbocycles. The van der Waals surface area contributed by atoms with Crippen LogP contribution in [0.2, 0.25) is 0 Å². The zero-order chi connectivity index (χ0) is 18.2. The molecule has 3 nitrogen and oxygen atoms in total. The van der Waals surface area contributed by atoms with Crippen LogP contribution in [0.1, 0.15) is 0 Å². The van der Waals surface area contributed by atoms with Crippen LogP contribution in [0, 0.1) is 0 Å². The molecule has 0 unspecified atom stereocenters. The monoisotopic (exact) mass is 359 g/mol. The predicted molar refractivity (Wildman–Crippen MR) is 112 cm³/mol. The fourth-order valence-corrected chi connectivity index (χ4v) is 4.73. The van der Waals surface area contributed by atoms with Crippen molar-refractivity contribution in [2.24, 2.45) is 0 Å². The molecule has 0 bridgehead atoms. The fourth-order valence-electron chi connectivity index (χ4n) is 4.73. The summed E-state index contributed by atoms with van der Waals surface area (Å²) in [6.45, 7) is -0.138. The van der Waals surface area contributed by atoms with Gasteiger partial charge in [-0.3, -0.25) is 0 Å². The van der Waals surface area contributed by atoms with E-state index in [1.807, 2.05) is 18.2 Å². The molecular formula is C24H14BNO2. The van der Waals surface area contributed by atoms with Crippen LogP contribution in [0.4, 0.5) is 17.1 Å². The van der Waals surface area contributed by atoms with Crippen LogP contribution in [0.3, 0.4) is 0 Å². The minimum atomic E-state index is -0.138. The van der Waals surface area contributed by atoms with Crippen molar-refractivity contribution in [1.29, 1.82) is 0 Å². The van der Waals surface area contributed by atoms with Crippen molar-refractivity contribution in [3.8, 4) is 28.4 Å². The first kappa shape index (κ1) is 14.4. The van der Waals surface area contributed by atoms with E-state index in [0.29, 0.717) is 0 Å². The van der Waals surface area contributed by atoms with E-state index in [1.165, 1.54) is 16.5 Å². The van der Waals surface area contributed by atoms with Crippen LogP contribution >= 0.6 is 0 Å². The highest BCUT2D eigenvalue weighted by atomic mass is 16.5. The maximum absolute atomic E-state index is 6.54. The molecule has 0 radical (unpaired) electrons. The lowest BCUT2D eigenvalue weighted by atomic mass is 9.49. The number of fused-ring (bicyclic) bond motifs is 7.